The smallest absolute Gasteiger partial charge is 0.0705 e. The third kappa shape index (κ3) is 3.05. The molecule has 1 aromatic heterocycles. The molecular weight excluding hydrogens is 270 g/mol. The van der Waals surface area contributed by atoms with Crippen molar-refractivity contribution < 1.29 is 0 Å². The van der Waals surface area contributed by atoms with Gasteiger partial charge in [-0.05, 0) is 49.6 Å². The Hall–Kier alpha value is -1.32. The van der Waals surface area contributed by atoms with Gasteiger partial charge in [0.1, 0.15) is 0 Å². The SMILES string of the molecule is CCCNCc1ccc(Cl)cc1-n1ccc(C2CC2)n1. The summed E-state index contributed by atoms with van der Waals surface area (Å²) >= 11 is 6.15. The molecule has 0 unspecified atom stereocenters. The van der Waals surface area contributed by atoms with E-state index in [1.165, 1.54) is 24.1 Å². The van der Waals surface area contributed by atoms with Crippen molar-refractivity contribution in [3.8, 4) is 5.69 Å². The van der Waals surface area contributed by atoms with Crippen molar-refractivity contribution in [2.45, 2.75) is 38.6 Å². The van der Waals surface area contributed by atoms with Gasteiger partial charge in [0.25, 0.3) is 0 Å². The lowest BCUT2D eigenvalue weighted by atomic mass is 10.1. The van der Waals surface area contributed by atoms with E-state index in [2.05, 4.69) is 24.4 Å². The average molecular weight is 290 g/mol. The van der Waals surface area contributed by atoms with Gasteiger partial charge in [-0.25, -0.2) is 4.68 Å². The molecule has 3 nitrogen and oxygen atoms in total. The van der Waals surface area contributed by atoms with Crippen LogP contribution < -0.4 is 5.32 Å². The highest BCUT2D eigenvalue weighted by Crippen LogP contribution is 2.39. The first-order chi connectivity index (χ1) is 9.78. The van der Waals surface area contributed by atoms with Crippen LogP contribution in [0.3, 0.4) is 0 Å². The maximum absolute atomic E-state index is 6.15. The summed E-state index contributed by atoms with van der Waals surface area (Å²) in [6, 6.07) is 8.15. The first-order valence-electron chi connectivity index (χ1n) is 7.33. The van der Waals surface area contributed by atoms with Gasteiger partial charge in [0.15, 0.2) is 0 Å². The normalized spacial score (nSPS) is 14.7. The number of aromatic nitrogens is 2. The second-order valence-electron chi connectivity index (χ2n) is 5.41. The van der Waals surface area contributed by atoms with Gasteiger partial charge < -0.3 is 5.32 Å². The third-order valence-electron chi connectivity index (χ3n) is 3.64. The molecule has 1 aliphatic carbocycles. The Balaban J connectivity index is 1.86. The Labute approximate surface area is 124 Å². The molecule has 1 heterocycles. The standard InChI is InChI=1S/C16H20ClN3/c1-2-8-18-11-13-5-6-14(17)10-16(13)20-9-7-15(19-20)12-3-4-12/h5-7,9-10,12,18H,2-4,8,11H2,1H3. The molecule has 2 aromatic rings. The Morgan fingerprint density at radius 3 is 2.95 bits per heavy atom. The molecule has 1 saturated carbocycles. The van der Waals surface area contributed by atoms with Gasteiger partial charge >= 0.3 is 0 Å². The van der Waals surface area contributed by atoms with Crippen LogP contribution in [0.4, 0.5) is 0 Å². The lowest BCUT2D eigenvalue weighted by Gasteiger charge is -2.11. The van der Waals surface area contributed by atoms with E-state index in [1.807, 2.05) is 23.0 Å². The van der Waals surface area contributed by atoms with Gasteiger partial charge in [0.05, 0.1) is 11.4 Å². The molecule has 20 heavy (non-hydrogen) atoms. The first kappa shape index (κ1) is 13.7. The van der Waals surface area contributed by atoms with Gasteiger partial charge in [-0.15, -0.1) is 0 Å². The molecule has 0 aliphatic heterocycles. The van der Waals surface area contributed by atoms with Crippen molar-refractivity contribution in [1.82, 2.24) is 15.1 Å². The van der Waals surface area contributed by atoms with E-state index in [4.69, 9.17) is 16.7 Å². The molecule has 1 N–H and O–H groups in total. The quantitative estimate of drug-likeness (QED) is 0.817. The van der Waals surface area contributed by atoms with E-state index in [1.54, 1.807) is 0 Å². The minimum atomic E-state index is 0.678. The Morgan fingerprint density at radius 2 is 2.20 bits per heavy atom. The molecule has 1 aromatic carbocycles. The van der Waals surface area contributed by atoms with E-state index in [0.29, 0.717) is 5.92 Å². The highest BCUT2D eigenvalue weighted by molar-refractivity contribution is 6.30. The molecule has 0 saturated heterocycles. The van der Waals surface area contributed by atoms with Crippen LogP contribution in [0.5, 0.6) is 0 Å². The molecule has 4 heteroatoms. The largest absolute Gasteiger partial charge is 0.313 e. The van der Waals surface area contributed by atoms with Crippen LogP contribution in [0.1, 0.15) is 43.4 Å². The lowest BCUT2D eigenvalue weighted by molar-refractivity contribution is 0.669. The predicted octanol–water partition coefficient (Wildman–Crippen LogP) is 3.90. The van der Waals surface area contributed by atoms with Crippen molar-refractivity contribution >= 4 is 11.6 Å². The highest BCUT2D eigenvalue weighted by atomic mass is 35.5. The highest BCUT2D eigenvalue weighted by Gasteiger charge is 2.26. The van der Waals surface area contributed by atoms with Gasteiger partial charge in [0.2, 0.25) is 0 Å². The van der Waals surface area contributed by atoms with Crippen molar-refractivity contribution in [3.63, 3.8) is 0 Å². The zero-order chi connectivity index (χ0) is 13.9. The summed E-state index contributed by atoms with van der Waals surface area (Å²) < 4.78 is 1.96. The van der Waals surface area contributed by atoms with E-state index in [-0.39, 0.29) is 0 Å². The maximum atomic E-state index is 6.15. The number of hydrogen-bond donors (Lipinski definition) is 1. The monoisotopic (exact) mass is 289 g/mol. The molecule has 106 valence electrons. The van der Waals surface area contributed by atoms with Crippen LogP contribution in [-0.4, -0.2) is 16.3 Å². The van der Waals surface area contributed by atoms with Crippen LogP contribution in [-0.2, 0) is 6.54 Å². The maximum Gasteiger partial charge on any atom is 0.0705 e. The molecule has 1 aliphatic rings. The summed E-state index contributed by atoms with van der Waals surface area (Å²) in [7, 11) is 0. The number of rotatable bonds is 6. The predicted molar refractivity (Wildman–Crippen MR) is 82.5 cm³/mol. The van der Waals surface area contributed by atoms with Crippen LogP contribution in [0.2, 0.25) is 5.02 Å². The molecule has 0 spiro atoms. The van der Waals surface area contributed by atoms with Gasteiger partial charge in [-0.1, -0.05) is 24.6 Å². The fourth-order valence-electron chi connectivity index (χ4n) is 2.37. The first-order valence-corrected chi connectivity index (χ1v) is 7.71. The number of nitrogens with zero attached hydrogens (tertiary/aromatic N) is 2. The Morgan fingerprint density at radius 1 is 1.35 bits per heavy atom. The van der Waals surface area contributed by atoms with E-state index >= 15 is 0 Å². The van der Waals surface area contributed by atoms with Crippen LogP contribution in [0, 0.1) is 0 Å². The second kappa shape index (κ2) is 5.98. The fraction of sp³-hybridized carbons (Fsp3) is 0.438. The average Bonchev–Trinajstić information content (AvgIpc) is 3.19. The number of halogens is 1. The number of nitrogens with one attached hydrogen (secondary N) is 1. The molecule has 1 fully saturated rings. The molecule has 0 atom stereocenters. The Kier molecular flexibility index (Phi) is 4.08. The van der Waals surface area contributed by atoms with Crippen LogP contribution in [0.15, 0.2) is 30.5 Å². The summed E-state index contributed by atoms with van der Waals surface area (Å²) in [4.78, 5) is 0. The number of hydrogen-bond acceptors (Lipinski definition) is 2. The summed E-state index contributed by atoms with van der Waals surface area (Å²) in [6.45, 7) is 4.04. The molecule has 0 radical (unpaired) electrons. The Bertz CT molecular complexity index is 587. The lowest BCUT2D eigenvalue weighted by Crippen LogP contribution is -2.15. The van der Waals surface area contributed by atoms with E-state index < -0.39 is 0 Å². The minimum Gasteiger partial charge on any atom is -0.313 e. The van der Waals surface area contributed by atoms with Crippen LogP contribution >= 0.6 is 11.6 Å². The number of benzene rings is 1. The summed E-state index contributed by atoms with van der Waals surface area (Å²) in [6.07, 6.45) is 5.73. The van der Waals surface area contributed by atoms with Crippen molar-refractivity contribution in [2.24, 2.45) is 0 Å². The summed E-state index contributed by atoms with van der Waals surface area (Å²) in [5.74, 6) is 0.678. The van der Waals surface area contributed by atoms with E-state index in [9.17, 15) is 0 Å². The topological polar surface area (TPSA) is 29.9 Å². The van der Waals surface area contributed by atoms with Gasteiger partial charge in [0, 0.05) is 23.7 Å². The molecule has 3 rings (SSSR count). The minimum absolute atomic E-state index is 0.678. The van der Waals surface area contributed by atoms with E-state index in [0.717, 1.165) is 30.2 Å². The summed E-state index contributed by atoms with van der Waals surface area (Å²) in [5, 5.41) is 8.89. The zero-order valence-electron chi connectivity index (χ0n) is 11.8. The third-order valence-corrected chi connectivity index (χ3v) is 3.88. The molecule has 0 amide bonds. The summed E-state index contributed by atoms with van der Waals surface area (Å²) in [5.41, 5.74) is 3.51. The molecule has 0 bridgehead atoms. The van der Waals surface area contributed by atoms with Crippen molar-refractivity contribution in [1.29, 1.82) is 0 Å². The fourth-order valence-corrected chi connectivity index (χ4v) is 2.53. The van der Waals surface area contributed by atoms with Gasteiger partial charge in [-0.3, -0.25) is 0 Å². The zero-order valence-corrected chi connectivity index (χ0v) is 12.5. The van der Waals surface area contributed by atoms with Crippen molar-refractivity contribution in [2.75, 3.05) is 6.54 Å². The van der Waals surface area contributed by atoms with Crippen molar-refractivity contribution in [3.05, 3.63) is 46.7 Å². The molecular formula is C16H20ClN3. The van der Waals surface area contributed by atoms with Gasteiger partial charge in [-0.2, -0.15) is 5.10 Å². The van der Waals surface area contributed by atoms with Crippen LogP contribution in [0.25, 0.3) is 5.69 Å². The second-order valence-corrected chi connectivity index (χ2v) is 5.85.